The molecule has 2 heterocycles. The first-order valence-electron chi connectivity index (χ1n) is 5.80. The van der Waals surface area contributed by atoms with Crippen molar-refractivity contribution >= 4 is 16.7 Å². The van der Waals surface area contributed by atoms with Crippen LogP contribution in [0.5, 0.6) is 0 Å². The SMILES string of the molecule is CC(=O)c1c(-c2ccccn2)[nH]c2ccccc12. The van der Waals surface area contributed by atoms with Gasteiger partial charge >= 0.3 is 0 Å². The normalized spacial score (nSPS) is 10.7. The number of pyridine rings is 1. The van der Waals surface area contributed by atoms with Crippen LogP contribution in [0.25, 0.3) is 22.3 Å². The van der Waals surface area contributed by atoms with Crippen LogP contribution in [0.2, 0.25) is 0 Å². The van der Waals surface area contributed by atoms with E-state index in [4.69, 9.17) is 0 Å². The van der Waals surface area contributed by atoms with E-state index < -0.39 is 0 Å². The van der Waals surface area contributed by atoms with Crippen molar-refractivity contribution in [3.05, 3.63) is 54.2 Å². The molecular weight excluding hydrogens is 224 g/mol. The zero-order chi connectivity index (χ0) is 12.5. The molecule has 0 unspecified atom stereocenters. The minimum absolute atomic E-state index is 0.0492. The number of hydrogen-bond donors (Lipinski definition) is 1. The maximum absolute atomic E-state index is 11.9. The molecule has 0 saturated carbocycles. The number of para-hydroxylation sites is 1. The van der Waals surface area contributed by atoms with Crippen LogP contribution in [-0.4, -0.2) is 15.8 Å². The molecule has 3 nitrogen and oxygen atoms in total. The number of nitrogens with zero attached hydrogens (tertiary/aromatic N) is 1. The first-order valence-corrected chi connectivity index (χ1v) is 5.80. The van der Waals surface area contributed by atoms with Gasteiger partial charge in [-0.1, -0.05) is 24.3 Å². The van der Waals surface area contributed by atoms with Gasteiger partial charge in [0, 0.05) is 17.1 Å². The third kappa shape index (κ3) is 1.61. The van der Waals surface area contributed by atoms with Gasteiger partial charge in [0.1, 0.15) is 0 Å². The molecular formula is C15H12N2O. The number of nitrogens with one attached hydrogen (secondary N) is 1. The average Bonchev–Trinajstić information content (AvgIpc) is 2.79. The Morgan fingerprint density at radius 1 is 1.11 bits per heavy atom. The highest BCUT2D eigenvalue weighted by Gasteiger charge is 2.16. The lowest BCUT2D eigenvalue weighted by atomic mass is 10.1. The standard InChI is InChI=1S/C15H12N2O/c1-10(18)14-11-6-2-3-7-12(11)17-15(14)13-8-4-5-9-16-13/h2-9,17H,1H3. The topological polar surface area (TPSA) is 45.8 Å². The number of benzene rings is 1. The summed E-state index contributed by atoms with van der Waals surface area (Å²) in [6.45, 7) is 1.59. The third-order valence-corrected chi connectivity index (χ3v) is 2.98. The maximum atomic E-state index is 11.9. The summed E-state index contributed by atoms with van der Waals surface area (Å²) < 4.78 is 0. The molecule has 2 aromatic heterocycles. The van der Waals surface area contributed by atoms with Crippen molar-refractivity contribution in [2.75, 3.05) is 0 Å². The first-order chi connectivity index (χ1) is 8.77. The Bertz CT molecular complexity index is 714. The summed E-state index contributed by atoms with van der Waals surface area (Å²) in [6, 6.07) is 13.5. The molecule has 0 atom stereocenters. The van der Waals surface area contributed by atoms with Crippen molar-refractivity contribution in [2.24, 2.45) is 0 Å². The highest BCUT2D eigenvalue weighted by Crippen LogP contribution is 2.29. The van der Waals surface area contributed by atoms with Gasteiger partial charge < -0.3 is 4.98 Å². The van der Waals surface area contributed by atoms with Gasteiger partial charge in [-0.05, 0) is 25.1 Å². The van der Waals surface area contributed by atoms with Gasteiger partial charge in [0.15, 0.2) is 5.78 Å². The van der Waals surface area contributed by atoms with E-state index in [0.29, 0.717) is 5.56 Å². The van der Waals surface area contributed by atoms with Crippen molar-refractivity contribution in [1.29, 1.82) is 0 Å². The van der Waals surface area contributed by atoms with Gasteiger partial charge in [0.05, 0.1) is 17.0 Å². The van der Waals surface area contributed by atoms with Crippen molar-refractivity contribution in [1.82, 2.24) is 9.97 Å². The zero-order valence-electron chi connectivity index (χ0n) is 9.97. The maximum Gasteiger partial charge on any atom is 0.162 e. The molecule has 0 amide bonds. The predicted molar refractivity (Wildman–Crippen MR) is 71.5 cm³/mol. The summed E-state index contributed by atoms with van der Waals surface area (Å²) in [4.78, 5) is 19.4. The molecule has 0 bridgehead atoms. The molecule has 0 spiro atoms. The van der Waals surface area contributed by atoms with E-state index in [9.17, 15) is 4.79 Å². The molecule has 3 rings (SSSR count). The number of H-pyrrole nitrogens is 1. The van der Waals surface area contributed by atoms with E-state index in [-0.39, 0.29) is 5.78 Å². The van der Waals surface area contributed by atoms with E-state index in [0.717, 1.165) is 22.3 Å². The minimum atomic E-state index is 0.0492. The van der Waals surface area contributed by atoms with Gasteiger partial charge in [-0.3, -0.25) is 9.78 Å². The van der Waals surface area contributed by atoms with Gasteiger partial charge in [-0.15, -0.1) is 0 Å². The van der Waals surface area contributed by atoms with Crippen LogP contribution in [0.1, 0.15) is 17.3 Å². The fraction of sp³-hybridized carbons (Fsp3) is 0.0667. The number of Topliss-reactive ketones (excluding diaryl/α,β-unsaturated/α-hetero) is 1. The Labute approximate surface area is 104 Å². The Hall–Kier alpha value is -2.42. The summed E-state index contributed by atoms with van der Waals surface area (Å²) in [6.07, 6.45) is 1.73. The predicted octanol–water partition coefficient (Wildman–Crippen LogP) is 3.43. The van der Waals surface area contributed by atoms with Gasteiger partial charge in [-0.25, -0.2) is 0 Å². The number of carbonyl (C=O) groups excluding carboxylic acids is 1. The molecule has 3 aromatic rings. The fourth-order valence-corrected chi connectivity index (χ4v) is 2.21. The zero-order valence-corrected chi connectivity index (χ0v) is 9.97. The fourth-order valence-electron chi connectivity index (χ4n) is 2.21. The highest BCUT2D eigenvalue weighted by molar-refractivity contribution is 6.12. The Morgan fingerprint density at radius 2 is 1.89 bits per heavy atom. The molecule has 0 saturated heterocycles. The largest absolute Gasteiger partial charge is 0.353 e. The molecule has 1 aromatic carbocycles. The summed E-state index contributed by atoms with van der Waals surface area (Å²) in [5.41, 5.74) is 3.26. The van der Waals surface area contributed by atoms with E-state index in [2.05, 4.69) is 9.97 Å². The van der Waals surface area contributed by atoms with Crippen molar-refractivity contribution in [2.45, 2.75) is 6.92 Å². The quantitative estimate of drug-likeness (QED) is 0.693. The number of fused-ring (bicyclic) bond motifs is 1. The Balaban J connectivity index is 2.36. The lowest BCUT2D eigenvalue weighted by molar-refractivity contribution is 0.102. The molecule has 0 aliphatic heterocycles. The number of ketones is 1. The second-order valence-corrected chi connectivity index (χ2v) is 4.19. The van der Waals surface area contributed by atoms with Gasteiger partial charge in [-0.2, -0.15) is 0 Å². The summed E-state index contributed by atoms with van der Waals surface area (Å²) in [5, 5.41) is 0.950. The van der Waals surface area contributed by atoms with E-state index >= 15 is 0 Å². The number of carbonyl (C=O) groups is 1. The molecule has 3 heteroatoms. The monoisotopic (exact) mass is 236 g/mol. The van der Waals surface area contributed by atoms with Crippen molar-refractivity contribution < 1.29 is 4.79 Å². The molecule has 18 heavy (non-hydrogen) atoms. The second kappa shape index (κ2) is 4.11. The lowest BCUT2D eigenvalue weighted by Gasteiger charge is -2.00. The first kappa shape index (κ1) is 10.7. The minimum Gasteiger partial charge on any atom is -0.353 e. The number of rotatable bonds is 2. The van der Waals surface area contributed by atoms with E-state index in [1.54, 1.807) is 13.1 Å². The van der Waals surface area contributed by atoms with Crippen molar-refractivity contribution in [3.63, 3.8) is 0 Å². The van der Waals surface area contributed by atoms with Crippen LogP contribution in [0.15, 0.2) is 48.7 Å². The number of aromatic nitrogens is 2. The molecule has 88 valence electrons. The molecule has 0 radical (unpaired) electrons. The van der Waals surface area contributed by atoms with E-state index in [1.165, 1.54) is 0 Å². The average molecular weight is 236 g/mol. The van der Waals surface area contributed by atoms with Gasteiger partial charge in [0.25, 0.3) is 0 Å². The summed E-state index contributed by atoms with van der Waals surface area (Å²) in [7, 11) is 0. The van der Waals surface area contributed by atoms with E-state index in [1.807, 2.05) is 42.5 Å². The molecule has 0 fully saturated rings. The molecule has 0 aliphatic carbocycles. The van der Waals surface area contributed by atoms with Crippen molar-refractivity contribution in [3.8, 4) is 11.4 Å². The molecule has 0 aliphatic rings. The van der Waals surface area contributed by atoms with Crippen LogP contribution < -0.4 is 0 Å². The number of hydrogen-bond acceptors (Lipinski definition) is 2. The van der Waals surface area contributed by atoms with Crippen LogP contribution in [0, 0.1) is 0 Å². The Morgan fingerprint density at radius 3 is 2.61 bits per heavy atom. The van der Waals surface area contributed by atoms with Crippen LogP contribution >= 0.6 is 0 Å². The smallest absolute Gasteiger partial charge is 0.162 e. The summed E-state index contributed by atoms with van der Waals surface area (Å²) >= 11 is 0. The van der Waals surface area contributed by atoms with Crippen LogP contribution in [0.4, 0.5) is 0 Å². The van der Waals surface area contributed by atoms with Gasteiger partial charge in [0.2, 0.25) is 0 Å². The lowest BCUT2D eigenvalue weighted by Crippen LogP contribution is -1.94. The molecule has 1 N–H and O–H groups in total. The van der Waals surface area contributed by atoms with Crippen LogP contribution in [0.3, 0.4) is 0 Å². The van der Waals surface area contributed by atoms with Crippen LogP contribution in [-0.2, 0) is 0 Å². The summed E-state index contributed by atoms with van der Waals surface area (Å²) in [5.74, 6) is 0.0492. The third-order valence-electron chi connectivity index (χ3n) is 2.98. The highest BCUT2D eigenvalue weighted by atomic mass is 16.1. The number of aromatic amines is 1. The Kier molecular flexibility index (Phi) is 2.45. The second-order valence-electron chi connectivity index (χ2n) is 4.19.